The maximum atomic E-state index is 13.5. The van der Waals surface area contributed by atoms with Crippen molar-refractivity contribution in [2.24, 2.45) is 28.2 Å². The van der Waals surface area contributed by atoms with Gasteiger partial charge >= 0.3 is 18.2 Å². The first kappa shape index (κ1) is 54.0. The predicted octanol–water partition coefficient (Wildman–Crippen LogP) is -0.735. The fraction of sp³-hybridized carbons (Fsp3) is 0.578. The van der Waals surface area contributed by atoms with E-state index in [0.717, 1.165) is 5.57 Å². The Kier molecular flexibility index (Phi) is 18.2. The molecule has 5 atom stereocenters. The van der Waals surface area contributed by atoms with Crippen molar-refractivity contribution in [3.63, 3.8) is 0 Å². The largest absolute Gasteiger partial charge is 0.445 e. The molecule has 3 aliphatic rings. The fourth-order valence-corrected chi connectivity index (χ4v) is 8.09. The average Bonchev–Trinajstić information content (AvgIpc) is 4.07. The van der Waals surface area contributed by atoms with E-state index in [4.69, 9.17) is 20.9 Å². The lowest BCUT2D eigenvalue weighted by Crippen LogP contribution is -2.56. The van der Waals surface area contributed by atoms with Crippen LogP contribution in [0.15, 0.2) is 47.1 Å². The van der Waals surface area contributed by atoms with Crippen LogP contribution < -0.4 is 43.4 Å². The molecule has 0 radical (unpaired) electrons. The lowest BCUT2D eigenvalue weighted by atomic mass is 9.67. The van der Waals surface area contributed by atoms with Gasteiger partial charge in [0, 0.05) is 56.0 Å². The number of nitrogens with zero attached hydrogens (tertiary/aromatic N) is 2. The predicted molar refractivity (Wildman–Crippen MR) is 245 cm³/mol. The van der Waals surface area contributed by atoms with Crippen molar-refractivity contribution in [3.8, 4) is 0 Å². The number of likely N-dealkylation sites (N-methyl/N-ethyl adjacent to an activating group) is 2. The lowest BCUT2D eigenvalue weighted by molar-refractivity contribution is -0.138. The third kappa shape index (κ3) is 13.1. The molecule has 2 unspecified atom stereocenters. The van der Waals surface area contributed by atoms with Gasteiger partial charge in [0.1, 0.15) is 30.4 Å². The van der Waals surface area contributed by atoms with E-state index in [9.17, 15) is 53.4 Å². The molecule has 0 aliphatic heterocycles. The Labute approximate surface area is 394 Å². The molecule has 68 heavy (non-hydrogen) atoms. The quantitative estimate of drug-likeness (QED) is 0.0641. The number of primary amides is 1. The van der Waals surface area contributed by atoms with Crippen molar-refractivity contribution < 1.29 is 62.8 Å². The van der Waals surface area contributed by atoms with Crippen molar-refractivity contribution in [3.05, 3.63) is 52.6 Å². The number of hydrogen-bond acceptors (Lipinski definition) is 14. The Hall–Kier alpha value is -6.59. The highest BCUT2D eigenvalue weighted by atomic mass is 16.6. The molecule has 9 amide bonds. The Balaban J connectivity index is 1.28. The SMILES string of the molecule is CC1=C2C(=C[C@@](C)(CO)[C@@H]2OC(=O)N(C)CCN(C)C(=O)OCc2ccc(NC(=O)C(CCCNC(N)=O)NC(=O)C(NC(=O)CNC(=O)CNC(=O)CN)C(C)C)cc2)C(=O)[C@](C)(O)C12CC2. The zero-order valence-electron chi connectivity index (χ0n) is 39.6. The van der Waals surface area contributed by atoms with Gasteiger partial charge in [0.2, 0.25) is 29.5 Å². The van der Waals surface area contributed by atoms with Crippen molar-refractivity contribution >= 4 is 59.2 Å². The second kappa shape index (κ2) is 22.9. The van der Waals surface area contributed by atoms with Crippen molar-refractivity contribution in [2.45, 2.75) is 90.7 Å². The van der Waals surface area contributed by atoms with Crippen molar-refractivity contribution in [2.75, 3.05) is 65.3 Å². The summed E-state index contributed by atoms with van der Waals surface area (Å²) in [6.45, 7) is 6.81. The van der Waals surface area contributed by atoms with Gasteiger partial charge in [-0.3, -0.25) is 28.8 Å². The molecule has 4 rings (SSSR count). The molecule has 1 fully saturated rings. The number of anilines is 1. The lowest BCUT2D eigenvalue weighted by Gasteiger charge is -2.40. The van der Waals surface area contributed by atoms with Gasteiger partial charge in [0.25, 0.3) is 0 Å². The number of aliphatic hydroxyl groups excluding tert-OH is 1. The van der Waals surface area contributed by atoms with E-state index in [1.807, 2.05) is 6.92 Å². The van der Waals surface area contributed by atoms with Gasteiger partial charge in [-0.15, -0.1) is 0 Å². The summed E-state index contributed by atoms with van der Waals surface area (Å²) < 4.78 is 11.4. The van der Waals surface area contributed by atoms with Gasteiger partial charge in [-0.25, -0.2) is 14.4 Å². The zero-order chi connectivity index (χ0) is 50.7. The minimum Gasteiger partial charge on any atom is -0.445 e. The minimum atomic E-state index is -1.61. The number of nitrogens with two attached hydrogens (primary N) is 2. The average molecular weight is 955 g/mol. The van der Waals surface area contributed by atoms with Gasteiger partial charge in [0.15, 0.2) is 5.78 Å². The number of aliphatic hydroxyl groups is 2. The number of hydrogen-bond donors (Lipinski definition) is 10. The van der Waals surface area contributed by atoms with E-state index in [-0.39, 0.29) is 51.2 Å². The van der Waals surface area contributed by atoms with Crippen molar-refractivity contribution in [1.82, 2.24) is 36.4 Å². The molecule has 0 bridgehead atoms. The monoisotopic (exact) mass is 954 g/mol. The summed E-state index contributed by atoms with van der Waals surface area (Å²) in [4.78, 5) is 116. The Morgan fingerprint density at radius 3 is 2.04 bits per heavy atom. The molecule has 374 valence electrons. The molecule has 23 nitrogen and oxygen atoms in total. The highest BCUT2D eigenvalue weighted by molar-refractivity contribution is 6.09. The molecule has 3 aliphatic carbocycles. The summed E-state index contributed by atoms with van der Waals surface area (Å²) in [6, 6.07) is 3.32. The summed E-state index contributed by atoms with van der Waals surface area (Å²) in [5.74, 6) is -4.13. The first-order valence-electron chi connectivity index (χ1n) is 22.3. The Bertz CT molecular complexity index is 2170. The summed E-state index contributed by atoms with van der Waals surface area (Å²) in [5.41, 5.74) is 9.34. The standard InChI is InChI=1S/C45H66N10O13/c1-25(2)35(53-33(59)22-50-32(58)21-49-31(57)20-46)39(62)52-30(9-8-16-48-40(47)63)38(61)51-28-12-10-27(11-13-28)23-67-41(64)54(6)17-18-55(7)42(65)68-37-34-26(3)45(14-15-45)44(5,66)36(60)29(34)19-43(37,4)24-56/h10-13,19,25,30,35,37,56,66H,8-9,14-18,20-24,46H2,1-7H3,(H,49,57)(H,50,58)(H,51,61)(H,52,62)(H,53,59)(H3,47,48,63)/t30?,35?,37-,43+,44+/m1/s1. The van der Waals surface area contributed by atoms with Crippen LogP contribution in [0.3, 0.4) is 0 Å². The van der Waals surface area contributed by atoms with Crippen LogP contribution in [-0.4, -0.2) is 157 Å². The number of ether oxygens (including phenoxy) is 2. The third-order valence-corrected chi connectivity index (χ3v) is 12.6. The number of carbonyl (C=O) groups is 9. The molecule has 0 saturated heterocycles. The van der Waals surface area contributed by atoms with E-state index in [1.54, 1.807) is 51.1 Å². The maximum Gasteiger partial charge on any atom is 0.410 e. The summed E-state index contributed by atoms with van der Waals surface area (Å²) in [6.07, 6.45) is 0.711. The smallest absolute Gasteiger partial charge is 0.410 e. The van der Waals surface area contributed by atoms with Crippen LogP contribution in [-0.2, 0) is 44.8 Å². The third-order valence-electron chi connectivity index (χ3n) is 12.6. The Morgan fingerprint density at radius 1 is 0.868 bits per heavy atom. The molecule has 0 aromatic heterocycles. The number of ketones is 1. The number of fused-ring (bicyclic) bond motifs is 1. The first-order chi connectivity index (χ1) is 31.9. The summed E-state index contributed by atoms with van der Waals surface area (Å²) >= 11 is 0. The van der Waals surface area contributed by atoms with Crippen LogP contribution in [0.1, 0.15) is 65.9 Å². The van der Waals surface area contributed by atoms with E-state index in [2.05, 4.69) is 31.9 Å². The topological polar surface area (TPSA) is 343 Å². The maximum absolute atomic E-state index is 13.5. The Morgan fingerprint density at radius 2 is 1.47 bits per heavy atom. The number of nitrogens with one attached hydrogen (secondary N) is 6. The highest BCUT2D eigenvalue weighted by Gasteiger charge is 2.67. The van der Waals surface area contributed by atoms with Crippen LogP contribution >= 0.6 is 0 Å². The van der Waals surface area contributed by atoms with Crippen LogP contribution in [0, 0.1) is 16.7 Å². The van der Waals surface area contributed by atoms with Gasteiger partial charge in [-0.2, -0.15) is 0 Å². The second-order valence-electron chi connectivity index (χ2n) is 18.1. The second-order valence-corrected chi connectivity index (χ2v) is 18.1. The molecule has 1 aromatic rings. The molecule has 0 heterocycles. The molecule has 12 N–H and O–H groups in total. The molecule has 1 saturated carbocycles. The van der Waals surface area contributed by atoms with E-state index in [1.165, 1.54) is 30.8 Å². The normalized spacial score (nSPS) is 20.8. The van der Waals surface area contributed by atoms with E-state index in [0.29, 0.717) is 29.7 Å². The summed E-state index contributed by atoms with van der Waals surface area (Å²) in [7, 11) is 2.98. The number of benzene rings is 1. The van der Waals surface area contributed by atoms with Gasteiger partial charge in [0.05, 0.1) is 31.7 Å². The molecular formula is C45H66N10O13. The number of urea groups is 1. The van der Waals surface area contributed by atoms with Crippen LogP contribution in [0.25, 0.3) is 0 Å². The van der Waals surface area contributed by atoms with Gasteiger partial charge < -0.3 is 72.9 Å². The molecular weight excluding hydrogens is 889 g/mol. The van der Waals surface area contributed by atoms with Gasteiger partial charge in [-0.1, -0.05) is 37.6 Å². The fourth-order valence-electron chi connectivity index (χ4n) is 8.09. The molecule has 1 spiro atoms. The molecule has 23 heteroatoms. The number of rotatable bonds is 22. The van der Waals surface area contributed by atoms with E-state index >= 15 is 0 Å². The summed E-state index contributed by atoms with van der Waals surface area (Å²) in [5, 5.41) is 36.5. The molecule has 1 aromatic carbocycles. The van der Waals surface area contributed by atoms with E-state index < -0.39 is 114 Å². The highest BCUT2D eigenvalue weighted by Crippen LogP contribution is 2.65. The zero-order valence-corrected chi connectivity index (χ0v) is 39.6. The minimum absolute atomic E-state index is 0.0476. The van der Waals surface area contributed by atoms with Gasteiger partial charge in [-0.05, 0) is 70.1 Å². The number of Topliss-reactive ketones (excluding diaryl/α,β-unsaturated/α-hetero) is 1. The number of carbonyl (C=O) groups excluding carboxylic acids is 9. The van der Waals surface area contributed by atoms with Crippen molar-refractivity contribution in [1.29, 1.82) is 0 Å². The number of amides is 9. The van der Waals surface area contributed by atoms with Crippen LogP contribution in [0.4, 0.5) is 20.1 Å². The first-order valence-corrected chi connectivity index (χ1v) is 22.3. The van der Waals surface area contributed by atoms with Crippen LogP contribution in [0.2, 0.25) is 0 Å². The van der Waals surface area contributed by atoms with Crippen LogP contribution in [0.5, 0.6) is 0 Å².